The van der Waals surface area contributed by atoms with Gasteiger partial charge in [0.15, 0.2) is 0 Å². The number of ether oxygens (including phenoxy) is 1. The van der Waals surface area contributed by atoms with Crippen molar-refractivity contribution in [1.82, 2.24) is 5.32 Å². The normalized spacial score (nSPS) is 12.6. The van der Waals surface area contributed by atoms with Gasteiger partial charge in [-0.05, 0) is 70.6 Å². The van der Waals surface area contributed by atoms with Crippen molar-refractivity contribution in [1.29, 1.82) is 0 Å². The predicted octanol–water partition coefficient (Wildman–Crippen LogP) is 24.9. The molecule has 6 nitrogen and oxygen atoms in total. The van der Waals surface area contributed by atoms with Gasteiger partial charge in [0.25, 0.3) is 0 Å². The number of hydrogen-bond donors (Lipinski definition) is 3. The van der Waals surface area contributed by atoms with E-state index in [-0.39, 0.29) is 18.5 Å². The Morgan fingerprint density at radius 2 is 0.578 bits per heavy atom. The van der Waals surface area contributed by atoms with Crippen LogP contribution >= 0.6 is 0 Å². The summed E-state index contributed by atoms with van der Waals surface area (Å²) in [5.41, 5.74) is 0. The maximum absolute atomic E-state index is 12.5. The van der Waals surface area contributed by atoms with Gasteiger partial charge in [-0.25, -0.2) is 0 Å². The monoisotopic (exact) mass is 1170 g/mol. The molecule has 0 aliphatic carbocycles. The Labute approximate surface area is 520 Å². The van der Waals surface area contributed by atoms with Crippen LogP contribution in [0.1, 0.15) is 431 Å². The molecule has 0 aromatic carbocycles. The fraction of sp³-hybridized carbons (Fsp3) is 0.922. The summed E-state index contributed by atoms with van der Waals surface area (Å²) in [7, 11) is 0. The first kappa shape index (κ1) is 81.3. The zero-order valence-electron chi connectivity index (χ0n) is 56.5. The van der Waals surface area contributed by atoms with E-state index >= 15 is 0 Å². The minimum atomic E-state index is -0.661. The second-order valence-electron chi connectivity index (χ2n) is 26.3. The average molecular weight is 1170 g/mol. The molecule has 0 spiro atoms. The number of hydrogen-bond acceptors (Lipinski definition) is 5. The van der Waals surface area contributed by atoms with Crippen LogP contribution in [0.4, 0.5) is 0 Å². The molecular weight excluding hydrogens is 1020 g/mol. The van der Waals surface area contributed by atoms with Crippen molar-refractivity contribution in [2.75, 3.05) is 13.2 Å². The summed E-state index contributed by atoms with van der Waals surface area (Å²) in [4.78, 5) is 24.5. The summed E-state index contributed by atoms with van der Waals surface area (Å²) in [5, 5.41) is 23.4. The fourth-order valence-electron chi connectivity index (χ4n) is 12.2. The molecule has 0 fully saturated rings. The molecular formula is C77H149NO5. The van der Waals surface area contributed by atoms with Crippen molar-refractivity contribution >= 4 is 11.9 Å². The Bertz CT molecular complexity index is 1300. The van der Waals surface area contributed by atoms with E-state index in [1.807, 2.05) is 0 Å². The first-order valence-electron chi connectivity index (χ1n) is 38.1. The van der Waals surface area contributed by atoms with Gasteiger partial charge in [-0.3, -0.25) is 9.59 Å². The highest BCUT2D eigenvalue weighted by molar-refractivity contribution is 5.76. The van der Waals surface area contributed by atoms with E-state index in [1.54, 1.807) is 0 Å². The minimum absolute atomic E-state index is 0.0119. The van der Waals surface area contributed by atoms with Crippen molar-refractivity contribution in [3.05, 3.63) is 24.3 Å². The van der Waals surface area contributed by atoms with Crippen LogP contribution < -0.4 is 5.32 Å². The zero-order valence-corrected chi connectivity index (χ0v) is 56.5. The van der Waals surface area contributed by atoms with E-state index in [2.05, 4.69) is 43.5 Å². The van der Waals surface area contributed by atoms with Crippen LogP contribution in [0.2, 0.25) is 0 Å². The van der Waals surface area contributed by atoms with Crippen molar-refractivity contribution in [2.24, 2.45) is 0 Å². The number of aliphatic hydroxyl groups is 2. The van der Waals surface area contributed by atoms with Gasteiger partial charge in [0.05, 0.1) is 25.4 Å². The molecule has 0 rings (SSSR count). The van der Waals surface area contributed by atoms with Crippen LogP contribution in [0.3, 0.4) is 0 Å². The lowest BCUT2D eigenvalue weighted by molar-refractivity contribution is -0.143. The zero-order chi connectivity index (χ0) is 59.9. The Kier molecular flexibility index (Phi) is 71.4. The van der Waals surface area contributed by atoms with E-state index in [4.69, 9.17) is 4.74 Å². The van der Waals surface area contributed by atoms with Gasteiger partial charge in [-0.2, -0.15) is 0 Å². The molecule has 0 bridgehead atoms. The first-order valence-corrected chi connectivity index (χ1v) is 38.1. The third-order valence-electron chi connectivity index (χ3n) is 18.0. The van der Waals surface area contributed by atoms with E-state index in [0.717, 1.165) is 44.9 Å². The van der Waals surface area contributed by atoms with Crippen LogP contribution in [0.5, 0.6) is 0 Å². The number of nitrogens with one attached hydrogen (secondary N) is 1. The third kappa shape index (κ3) is 69.3. The molecule has 0 saturated carbocycles. The molecule has 0 aliphatic rings. The number of aliphatic hydroxyl groups excluding tert-OH is 2. The molecule has 492 valence electrons. The summed E-state index contributed by atoms with van der Waals surface area (Å²) in [6.07, 6.45) is 92.7. The summed E-state index contributed by atoms with van der Waals surface area (Å²) >= 11 is 0. The van der Waals surface area contributed by atoms with Crippen LogP contribution in [-0.4, -0.2) is 47.4 Å². The molecule has 0 radical (unpaired) electrons. The summed E-state index contributed by atoms with van der Waals surface area (Å²) < 4.78 is 5.47. The maximum atomic E-state index is 12.5. The first-order chi connectivity index (χ1) is 41.0. The van der Waals surface area contributed by atoms with Crippen molar-refractivity contribution in [2.45, 2.75) is 443 Å². The molecule has 1 amide bonds. The lowest BCUT2D eigenvalue weighted by atomic mass is 10.0. The molecule has 2 atom stereocenters. The van der Waals surface area contributed by atoms with E-state index < -0.39 is 12.1 Å². The smallest absolute Gasteiger partial charge is 0.305 e. The molecule has 0 heterocycles. The average Bonchev–Trinajstić information content (AvgIpc) is 3.50. The van der Waals surface area contributed by atoms with Crippen molar-refractivity contribution in [3.8, 4) is 0 Å². The standard InChI is InChI=1S/C77H149NO5/c1-3-5-7-9-11-13-15-16-17-43-46-50-53-57-61-65-69-75(80)74(73-79)78-76(81)70-66-62-58-54-51-47-44-41-39-37-35-33-31-29-27-25-23-21-19-18-20-22-24-26-28-30-32-34-36-38-40-42-45-48-52-56-60-64-68-72-83-77(82)71-67-63-59-55-49-14-12-10-8-6-4-2/h10,12,18-19,74-75,79-80H,3-9,11,13-17,20-73H2,1-2H3,(H,78,81)/b12-10-,19-18-. The van der Waals surface area contributed by atoms with Crippen LogP contribution in [0, 0.1) is 0 Å². The Morgan fingerprint density at radius 3 is 0.892 bits per heavy atom. The highest BCUT2D eigenvalue weighted by Crippen LogP contribution is 2.20. The van der Waals surface area contributed by atoms with Crippen LogP contribution in [0.25, 0.3) is 0 Å². The molecule has 0 aromatic heterocycles. The second kappa shape index (κ2) is 72.8. The Morgan fingerprint density at radius 1 is 0.325 bits per heavy atom. The number of allylic oxidation sites excluding steroid dienone is 4. The highest BCUT2D eigenvalue weighted by atomic mass is 16.5. The number of esters is 1. The Balaban J connectivity index is 3.32. The van der Waals surface area contributed by atoms with Crippen molar-refractivity contribution < 1.29 is 24.5 Å². The van der Waals surface area contributed by atoms with Crippen LogP contribution in [0.15, 0.2) is 24.3 Å². The molecule has 2 unspecified atom stereocenters. The molecule has 3 N–H and O–H groups in total. The summed E-state index contributed by atoms with van der Waals surface area (Å²) in [5.74, 6) is -0.0150. The molecule has 0 aliphatic heterocycles. The SMILES string of the molecule is CCCC/C=C\CCCCCCCC(=O)OCCCCCCCCCCCCCCCCCCCC/C=C\CCCCCCCCCCCCCCCCCCCC(=O)NC(CO)C(O)CCCCCCCCCCCCCCCCCC. The van der Waals surface area contributed by atoms with Gasteiger partial charge in [0, 0.05) is 12.8 Å². The van der Waals surface area contributed by atoms with Gasteiger partial charge >= 0.3 is 5.97 Å². The van der Waals surface area contributed by atoms with E-state index in [1.165, 1.54) is 353 Å². The molecule has 83 heavy (non-hydrogen) atoms. The molecule has 0 saturated heterocycles. The lowest BCUT2D eigenvalue weighted by Gasteiger charge is -2.22. The van der Waals surface area contributed by atoms with Gasteiger partial charge in [-0.1, -0.05) is 372 Å². The van der Waals surface area contributed by atoms with Gasteiger partial charge < -0.3 is 20.3 Å². The molecule has 0 aromatic rings. The number of unbranched alkanes of at least 4 members (excludes halogenated alkanes) is 57. The number of amides is 1. The lowest BCUT2D eigenvalue weighted by Crippen LogP contribution is -2.45. The number of rotatable bonds is 72. The minimum Gasteiger partial charge on any atom is -0.466 e. The number of carbonyl (C=O) groups excluding carboxylic acids is 2. The van der Waals surface area contributed by atoms with Gasteiger partial charge in [-0.15, -0.1) is 0 Å². The second-order valence-corrected chi connectivity index (χ2v) is 26.3. The summed E-state index contributed by atoms with van der Waals surface area (Å²) in [6, 6.07) is -0.538. The third-order valence-corrected chi connectivity index (χ3v) is 18.0. The maximum Gasteiger partial charge on any atom is 0.305 e. The fourth-order valence-corrected chi connectivity index (χ4v) is 12.2. The van der Waals surface area contributed by atoms with Gasteiger partial charge in [0.1, 0.15) is 0 Å². The van der Waals surface area contributed by atoms with Crippen LogP contribution in [-0.2, 0) is 14.3 Å². The Hall–Kier alpha value is -1.66. The highest BCUT2D eigenvalue weighted by Gasteiger charge is 2.20. The number of carbonyl (C=O) groups is 2. The topological polar surface area (TPSA) is 95.9 Å². The predicted molar refractivity (Wildman–Crippen MR) is 366 cm³/mol. The van der Waals surface area contributed by atoms with E-state index in [0.29, 0.717) is 25.9 Å². The molecule has 6 heteroatoms. The largest absolute Gasteiger partial charge is 0.466 e. The van der Waals surface area contributed by atoms with E-state index in [9.17, 15) is 19.8 Å². The summed E-state index contributed by atoms with van der Waals surface area (Å²) in [6.45, 7) is 4.95. The quantitative estimate of drug-likeness (QED) is 0.0320. The van der Waals surface area contributed by atoms with Gasteiger partial charge in [0.2, 0.25) is 5.91 Å². The van der Waals surface area contributed by atoms with Crippen molar-refractivity contribution in [3.63, 3.8) is 0 Å².